The van der Waals surface area contributed by atoms with E-state index < -0.39 is 10.8 Å². The highest BCUT2D eigenvalue weighted by atomic mass is 32.2. The van der Waals surface area contributed by atoms with Crippen LogP contribution in [0.1, 0.15) is 19.8 Å². The lowest BCUT2D eigenvalue weighted by Gasteiger charge is -2.16. The van der Waals surface area contributed by atoms with E-state index in [0.29, 0.717) is 17.1 Å². The fourth-order valence-electron chi connectivity index (χ4n) is 1.61. The summed E-state index contributed by atoms with van der Waals surface area (Å²) >= 11 is 0. The molecule has 5 heteroatoms. The molecule has 0 aliphatic carbocycles. The predicted octanol–water partition coefficient (Wildman–Crippen LogP) is 1.68. The van der Waals surface area contributed by atoms with Crippen LogP contribution in [0, 0.1) is 5.82 Å². The van der Waals surface area contributed by atoms with Gasteiger partial charge in [-0.15, -0.1) is 0 Å². The summed E-state index contributed by atoms with van der Waals surface area (Å²) in [6.45, 7) is 2.97. The maximum Gasteiger partial charge on any atom is 0.123 e. The van der Waals surface area contributed by atoms with Crippen LogP contribution in [-0.2, 0) is 10.8 Å². The largest absolute Gasteiger partial charge is 0.396 e. The molecule has 1 aromatic rings. The van der Waals surface area contributed by atoms with Crippen molar-refractivity contribution in [3.8, 4) is 0 Å². The van der Waals surface area contributed by atoms with Gasteiger partial charge < -0.3 is 10.4 Å². The molecule has 2 N–H and O–H groups in total. The van der Waals surface area contributed by atoms with Crippen molar-refractivity contribution in [1.82, 2.24) is 5.32 Å². The Morgan fingerprint density at radius 1 is 1.39 bits per heavy atom. The van der Waals surface area contributed by atoms with Gasteiger partial charge in [-0.05, 0) is 43.7 Å². The number of hydrogen-bond acceptors (Lipinski definition) is 3. The Bertz CT molecular complexity index is 370. The highest BCUT2D eigenvalue weighted by Gasteiger charge is 2.13. The Kier molecular flexibility index (Phi) is 7.08. The Morgan fingerprint density at radius 3 is 2.61 bits per heavy atom. The molecule has 0 aliphatic rings. The molecule has 0 heterocycles. The van der Waals surface area contributed by atoms with Crippen LogP contribution in [0.2, 0.25) is 0 Å². The Morgan fingerprint density at radius 2 is 2.06 bits per heavy atom. The molecule has 0 saturated carbocycles. The SMILES string of the molecule is CCCNC(CCO)CS(=O)c1ccc(F)cc1. The predicted molar refractivity (Wildman–Crippen MR) is 71.5 cm³/mol. The lowest BCUT2D eigenvalue weighted by molar-refractivity contribution is 0.270. The summed E-state index contributed by atoms with van der Waals surface area (Å²) in [6.07, 6.45) is 1.57. The Balaban J connectivity index is 2.56. The summed E-state index contributed by atoms with van der Waals surface area (Å²) in [6, 6.07) is 5.74. The van der Waals surface area contributed by atoms with Crippen LogP contribution >= 0.6 is 0 Å². The molecule has 1 rings (SSSR count). The molecular weight excluding hydrogens is 253 g/mol. The van der Waals surface area contributed by atoms with Crippen LogP contribution in [0.3, 0.4) is 0 Å². The smallest absolute Gasteiger partial charge is 0.123 e. The molecule has 0 aliphatic heterocycles. The van der Waals surface area contributed by atoms with Gasteiger partial charge in [0, 0.05) is 23.3 Å². The topological polar surface area (TPSA) is 49.3 Å². The minimum Gasteiger partial charge on any atom is -0.396 e. The second kappa shape index (κ2) is 8.34. The second-order valence-corrected chi connectivity index (χ2v) is 5.63. The molecule has 1 aromatic carbocycles. The third kappa shape index (κ3) is 5.25. The van der Waals surface area contributed by atoms with Gasteiger partial charge in [0.25, 0.3) is 0 Å². The summed E-state index contributed by atoms with van der Waals surface area (Å²) in [5.74, 6) is 0.110. The van der Waals surface area contributed by atoms with Crippen LogP contribution in [0.15, 0.2) is 29.2 Å². The molecule has 0 aromatic heterocycles. The third-order valence-electron chi connectivity index (χ3n) is 2.59. The van der Waals surface area contributed by atoms with Gasteiger partial charge in [-0.25, -0.2) is 4.39 Å². The lowest BCUT2D eigenvalue weighted by atomic mass is 10.2. The number of nitrogens with one attached hydrogen (secondary N) is 1. The van der Waals surface area contributed by atoms with Gasteiger partial charge in [0.1, 0.15) is 5.82 Å². The van der Waals surface area contributed by atoms with Gasteiger partial charge in [-0.1, -0.05) is 6.92 Å². The second-order valence-electron chi connectivity index (χ2n) is 4.13. The highest BCUT2D eigenvalue weighted by Crippen LogP contribution is 2.10. The molecule has 2 atom stereocenters. The Labute approximate surface area is 110 Å². The number of rotatable bonds is 8. The summed E-state index contributed by atoms with van der Waals surface area (Å²) in [4.78, 5) is 0.623. The van der Waals surface area contributed by atoms with Crippen molar-refractivity contribution < 1.29 is 13.7 Å². The summed E-state index contributed by atoms with van der Waals surface area (Å²) in [5.41, 5.74) is 0. The van der Waals surface area contributed by atoms with Gasteiger partial charge >= 0.3 is 0 Å². The molecule has 102 valence electrons. The normalized spacial score (nSPS) is 14.4. The molecule has 0 saturated heterocycles. The molecule has 0 fully saturated rings. The number of halogens is 1. The van der Waals surface area contributed by atoms with Crippen LogP contribution < -0.4 is 5.32 Å². The number of aliphatic hydroxyl groups is 1. The van der Waals surface area contributed by atoms with Crippen molar-refractivity contribution in [1.29, 1.82) is 0 Å². The van der Waals surface area contributed by atoms with E-state index in [1.54, 1.807) is 12.1 Å². The molecule has 3 nitrogen and oxygen atoms in total. The molecule has 0 spiro atoms. The molecular formula is C13H20FNO2S. The first-order valence-electron chi connectivity index (χ1n) is 6.15. The van der Waals surface area contributed by atoms with E-state index in [2.05, 4.69) is 12.2 Å². The van der Waals surface area contributed by atoms with Crippen LogP contribution in [0.5, 0.6) is 0 Å². The molecule has 0 bridgehead atoms. The lowest BCUT2D eigenvalue weighted by Crippen LogP contribution is -2.35. The first kappa shape index (κ1) is 15.3. The minimum absolute atomic E-state index is 0.0286. The maximum atomic E-state index is 12.8. The van der Waals surface area contributed by atoms with Gasteiger partial charge in [0.15, 0.2) is 0 Å². The van der Waals surface area contributed by atoms with E-state index in [0.717, 1.165) is 13.0 Å². The van der Waals surface area contributed by atoms with E-state index in [-0.39, 0.29) is 18.5 Å². The third-order valence-corrected chi connectivity index (χ3v) is 4.09. The van der Waals surface area contributed by atoms with Crippen LogP contribution in [0.25, 0.3) is 0 Å². The van der Waals surface area contributed by atoms with Gasteiger partial charge in [0.2, 0.25) is 0 Å². The molecule has 0 amide bonds. The quantitative estimate of drug-likeness (QED) is 0.757. The van der Waals surface area contributed by atoms with Crippen LogP contribution in [-0.4, -0.2) is 34.3 Å². The first-order valence-corrected chi connectivity index (χ1v) is 7.47. The average molecular weight is 273 g/mol. The maximum absolute atomic E-state index is 12.8. The van der Waals surface area contributed by atoms with E-state index in [1.165, 1.54) is 12.1 Å². The molecule has 2 unspecified atom stereocenters. The number of benzene rings is 1. The molecule has 18 heavy (non-hydrogen) atoms. The summed E-state index contributed by atoms with van der Waals surface area (Å²) in [7, 11) is -1.17. The van der Waals surface area contributed by atoms with E-state index in [4.69, 9.17) is 5.11 Å². The van der Waals surface area contributed by atoms with Crippen molar-refractivity contribution in [2.45, 2.75) is 30.7 Å². The van der Waals surface area contributed by atoms with Crippen molar-refractivity contribution in [3.05, 3.63) is 30.1 Å². The fourth-order valence-corrected chi connectivity index (χ4v) is 2.90. The van der Waals surface area contributed by atoms with Gasteiger partial charge in [0.05, 0.1) is 10.8 Å². The summed E-state index contributed by atoms with van der Waals surface area (Å²) < 4.78 is 24.8. The highest BCUT2D eigenvalue weighted by molar-refractivity contribution is 7.85. The van der Waals surface area contributed by atoms with Crippen molar-refractivity contribution >= 4 is 10.8 Å². The van der Waals surface area contributed by atoms with Gasteiger partial charge in [-0.3, -0.25) is 4.21 Å². The van der Waals surface area contributed by atoms with Crippen molar-refractivity contribution in [3.63, 3.8) is 0 Å². The van der Waals surface area contributed by atoms with Gasteiger partial charge in [-0.2, -0.15) is 0 Å². The average Bonchev–Trinajstić information content (AvgIpc) is 2.37. The van der Waals surface area contributed by atoms with E-state index in [1.807, 2.05) is 0 Å². The monoisotopic (exact) mass is 273 g/mol. The van der Waals surface area contributed by atoms with Crippen LogP contribution in [0.4, 0.5) is 4.39 Å². The summed E-state index contributed by atoms with van der Waals surface area (Å²) in [5, 5.41) is 12.2. The molecule has 0 radical (unpaired) electrons. The van der Waals surface area contributed by atoms with Crippen molar-refractivity contribution in [2.75, 3.05) is 18.9 Å². The zero-order valence-electron chi connectivity index (χ0n) is 10.6. The zero-order valence-corrected chi connectivity index (χ0v) is 11.4. The fraction of sp³-hybridized carbons (Fsp3) is 0.538. The van der Waals surface area contributed by atoms with E-state index in [9.17, 15) is 8.60 Å². The van der Waals surface area contributed by atoms with E-state index >= 15 is 0 Å². The number of hydrogen-bond donors (Lipinski definition) is 2. The standard InChI is InChI=1S/C13H20FNO2S/c1-2-8-15-12(7-9-16)10-18(17)13-5-3-11(14)4-6-13/h3-6,12,15-16H,2,7-10H2,1H3. The zero-order chi connectivity index (χ0) is 13.4. The Hall–Kier alpha value is -0.780. The minimum atomic E-state index is -1.17. The van der Waals surface area contributed by atoms with Crippen molar-refractivity contribution in [2.24, 2.45) is 0 Å². The first-order chi connectivity index (χ1) is 8.67. The number of aliphatic hydroxyl groups excluding tert-OH is 1.